The van der Waals surface area contributed by atoms with Gasteiger partial charge in [0.25, 0.3) is 0 Å². The molecule has 0 amide bonds. The molecule has 5 nitrogen and oxygen atoms in total. The topological polar surface area (TPSA) is 62.7 Å². The van der Waals surface area contributed by atoms with Crippen LogP contribution in [0.1, 0.15) is 16.7 Å². The predicted octanol–water partition coefficient (Wildman–Crippen LogP) is 3.84. The standard InChI is InChI=1S/C18H19N5/c1-13-6-8-16(9-7-13)21-17-12-20-23-18(22-17)19-11-15-5-3-4-14(2)10-15/h3-10,12H,11H2,1-2H3,(H2,19,21,22,23). The fourth-order valence-electron chi connectivity index (χ4n) is 2.23. The second-order valence-electron chi connectivity index (χ2n) is 5.50. The van der Waals surface area contributed by atoms with Crippen molar-refractivity contribution in [1.29, 1.82) is 0 Å². The molecule has 23 heavy (non-hydrogen) atoms. The van der Waals surface area contributed by atoms with Crippen LogP contribution in [0.3, 0.4) is 0 Å². The Balaban J connectivity index is 1.66. The summed E-state index contributed by atoms with van der Waals surface area (Å²) in [5.41, 5.74) is 4.61. The Kier molecular flexibility index (Phi) is 4.47. The molecule has 0 atom stereocenters. The number of rotatable bonds is 5. The van der Waals surface area contributed by atoms with Gasteiger partial charge in [0, 0.05) is 12.2 Å². The average molecular weight is 305 g/mol. The summed E-state index contributed by atoms with van der Waals surface area (Å²) in [4.78, 5) is 4.43. The van der Waals surface area contributed by atoms with Gasteiger partial charge in [0.1, 0.15) is 0 Å². The monoisotopic (exact) mass is 305 g/mol. The number of aromatic nitrogens is 3. The average Bonchev–Trinajstić information content (AvgIpc) is 2.56. The van der Waals surface area contributed by atoms with Crippen molar-refractivity contribution in [2.45, 2.75) is 20.4 Å². The highest BCUT2D eigenvalue weighted by Gasteiger charge is 2.02. The van der Waals surface area contributed by atoms with Crippen LogP contribution in [0, 0.1) is 13.8 Å². The minimum absolute atomic E-state index is 0.503. The van der Waals surface area contributed by atoms with Crippen LogP contribution in [0.2, 0.25) is 0 Å². The van der Waals surface area contributed by atoms with E-state index in [0.717, 1.165) is 5.69 Å². The third kappa shape index (κ3) is 4.26. The van der Waals surface area contributed by atoms with Gasteiger partial charge in [-0.2, -0.15) is 10.1 Å². The maximum atomic E-state index is 4.43. The fourth-order valence-corrected chi connectivity index (χ4v) is 2.23. The molecule has 0 aliphatic rings. The molecule has 3 aromatic rings. The van der Waals surface area contributed by atoms with E-state index in [1.165, 1.54) is 16.7 Å². The summed E-state index contributed by atoms with van der Waals surface area (Å²) in [5, 5.41) is 14.4. The molecule has 0 spiro atoms. The van der Waals surface area contributed by atoms with E-state index in [0.29, 0.717) is 18.3 Å². The highest BCUT2D eigenvalue weighted by Crippen LogP contribution is 2.15. The van der Waals surface area contributed by atoms with E-state index in [1.807, 2.05) is 30.3 Å². The normalized spacial score (nSPS) is 10.3. The van der Waals surface area contributed by atoms with E-state index in [1.54, 1.807) is 6.20 Å². The van der Waals surface area contributed by atoms with Gasteiger partial charge in [-0.3, -0.25) is 0 Å². The van der Waals surface area contributed by atoms with Crippen molar-refractivity contribution in [2.75, 3.05) is 10.6 Å². The summed E-state index contributed by atoms with van der Waals surface area (Å²) >= 11 is 0. The molecule has 0 aliphatic heterocycles. The SMILES string of the molecule is Cc1ccc(Nc2cnnc(NCc3cccc(C)c3)n2)cc1. The lowest BCUT2D eigenvalue weighted by molar-refractivity contribution is 0.948. The summed E-state index contributed by atoms with van der Waals surface area (Å²) in [6, 6.07) is 16.4. The third-order valence-corrected chi connectivity index (χ3v) is 3.42. The van der Waals surface area contributed by atoms with Crippen LogP contribution in [0.5, 0.6) is 0 Å². The van der Waals surface area contributed by atoms with Crippen molar-refractivity contribution >= 4 is 17.5 Å². The first-order chi connectivity index (χ1) is 11.2. The van der Waals surface area contributed by atoms with E-state index < -0.39 is 0 Å². The van der Waals surface area contributed by atoms with Crippen molar-refractivity contribution in [1.82, 2.24) is 15.2 Å². The predicted molar refractivity (Wildman–Crippen MR) is 92.8 cm³/mol. The molecule has 2 aromatic carbocycles. The van der Waals surface area contributed by atoms with Crippen LogP contribution in [0.4, 0.5) is 17.5 Å². The van der Waals surface area contributed by atoms with Gasteiger partial charge in [0.05, 0.1) is 6.20 Å². The van der Waals surface area contributed by atoms with Crippen LogP contribution >= 0.6 is 0 Å². The molecule has 0 saturated carbocycles. The largest absolute Gasteiger partial charge is 0.349 e. The third-order valence-electron chi connectivity index (χ3n) is 3.42. The molecular weight excluding hydrogens is 286 g/mol. The zero-order valence-electron chi connectivity index (χ0n) is 13.2. The molecule has 5 heteroatoms. The maximum absolute atomic E-state index is 4.43. The number of anilines is 3. The lowest BCUT2D eigenvalue weighted by atomic mass is 10.1. The van der Waals surface area contributed by atoms with E-state index in [4.69, 9.17) is 0 Å². The van der Waals surface area contributed by atoms with Gasteiger partial charge >= 0.3 is 0 Å². The summed E-state index contributed by atoms with van der Waals surface area (Å²) in [5.74, 6) is 1.17. The van der Waals surface area contributed by atoms with Gasteiger partial charge < -0.3 is 10.6 Å². The van der Waals surface area contributed by atoms with Crippen molar-refractivity contribution < 1.29 is 0 Å². The first-order valence-electron chi connectivity index (χ1n) is 7.52. The molecule has 1 heterocycles. The molecule has 3 rings (SSSR count). The lowest BCUT2D eigenvalue weighted by Gasteiger charge is -2.08. The van der Waals surface area contributed by atoms with Crippen molar-refractivity contribution in [3.05, 3.63) is 71.4 Å². The second kappa shape index (κ2) is 6.87. The van der Waals surface area contributed by atoms with Crippen LogP contribution in [-0.2, 0) is 6.54 Å². The van der Waals surface area contributed by atoms with Gasteiger partial charge in [-0.05, 0) is 31.5 Å². The van der Waals surface area contributed by atoms with E-state index in [2.05, 4.69) is 57.9 Å². The first kappa shape index (κ1) is 15.0. The zero-order valence-corrected chi connectivity index (χ0v) is 13.2. The Hall–Kier alpha value is -2.95. The van der Waals surface area contributed by atoms with E-state index in [-0.39, 0.29) is 0 Å². The molecule has 0 aliphatic carbocycles. The Morgan fingerprint density at radius 1 is 0.957 bits per heavy atom. The molecule has 0 bridgehead atoms. The molecule has 0 radical (unpaired) electrons. The summed E-state index contributed by atoms with van der Waals surface area (Å²) in [7, 11) is 0. The smallest absolute Gasteiger partial charge is 0.244 e. The number of hydrogen-bond donors (Lipinski definition) is 2. The molecule has 1 aromatic heterocycles. The minimum Gasteiger partial charge on any atom is -0.349 e. The van der Waals surface area contributed by atoms with E-state index in [9.17, 15) is 0 Å². The highest BCUT2D eigenvalue weighted by atomic mass is 15.3. The minimum atomic E-state index is 0.503. The molecule has 116 valence electrons. The summed E-state index contributed by atoms with van der Waals surface area (Å²) < 4.78 is 0. The summed E-state index contributed by atoms with van der Waals surface area (Å²) in [6.45, 7) is 4.80. The molecule has 2 N–H and O–H groups in total. The van der Waals surface area contributed by atoms with Crippen LogP contribution in [0.15, 0.2) is 54.7 Å². The number of nitrogens with zero attached hydrogens (tertiary/aromatic N) is 3. The van der Waals surface area contributed by atoms with Crippen LogP contribution in [0.25, 0.3) is 0 Å². The molecule has 0 saturated heterocycles. The Bertz CT molecular complexity index is 783. The van der Waals surface area contributed by atoms with Gasteiger partial charge in [0.15, 0.2) is 5.82 Å². The Morgan fingerprint density at radius 3 is 2.57 bits per heavy atom. The van der Waals surface area contributed by atoms with Crippen molar-refractivity contribution in [3.63, 3.8) is 0 Å². The number of aryl methyl sites for hydroxylation is 2. The first-order valence-corrected chi connectivity index (χ1v) is 7.52. The van der Waals surface area contributed by atoms with Crippen LogP contribution < -0.4 is 10.6 Å². The highest BCUT2D eigenvalue weighted by molar-refractivity contribution is 5.56. The van der Waals surface area contributed by atoms with Gasteiger partial charge in [-0.25, -0.2) is 0 Å². The van der Waals surface area contributed by atoms with Gasteiger partial charge in [-0.1, -0.05) is 47.5 Å². The number of nitrogens with one attached hydrogen (secondary N) is 2. The van der Waals surface area contributed by atoms with Crippen molar-refractivity contribution in [3.8, 4) is 0 Å². The van der Waals surface area contributed by atoms with Crippen molar-refractivity contribution in [2.24, 2.45) is 0 Å². The molecular formula is C18H19N5. The second-order valence-corrected chi connectivity index (χ2v) is 5.50. The quantitative estimate of drug-likeness (QED) is 0.750. The van der Waals surface area contributed by atoms with E-state index >= 15 is 0 Å². The summed E-state index contributed by atoms with van der Waals surface area (Å²) in [6.07, 6.45) is 1.61. The maximum Gasteiger partial charge on any atom is 0.244 e. The number of hydrogen-bond acceptors (Lipinski definition) is 5. The van der Waals surface area contributed by atoms with Gasteiger partial charge in [0.2, 0.25) is 5.95 Å². The zero-order chi connectivity index (χ0) is 16.1. The molecule has 0 unspecified atom stereocenters. The van der Waals surface area contributed by atoms with Gasteiger partial charge in [-0.15, -0.1) is 5.10 Å². The fraction of sp³-hybridized carbons (Fsp3) is 0.167. The Labute approximate surface area is 135 Å². The van der Waals surface area contributed by atoms with Crippen LogP contribution in [-0.4, -0.2) is 15.2 Å². The lowest BCUT2D eigenvalue weighted by Crippen LogP contribution is -2.06. The molecule has 0 fully saturated rings. The Morgan fingerprint density at radius 2 is 1.78 bits per heavy atom. The number of benzene rings is 2.